The zero-order valence-electron chi connectivity index (χ0n) is 6.61. The van der Waals surface area contributed by atoms with Gasteiger partial charge in [0.25, 0.3) is 0 Å². The van der Waals surface area contributed by atoms with E-state index < -0.39 is 0 Å². The van der Waals surface area contributed by atoms with Crippen molar-refractivity contribution in [1.82, 2.24) is 14.9 Å². The van der Waals surface area contributed by atoms with Gasteiger partial charge in [-0.2, -0.15) is 0 Å². The van der Waals surface area contributed by atoms with Gasteiger partial charge in [0, 0.05) is 11.9 Å². The molecule has 0 atom stereocenters. The van der Waals surface area contributed by atoms with Gasteiger partial charge in [0.1, 0.15) is 0 Å². The molecule has 0 aliphatic heterocycles. The number of aromatic nitrogens is 2. The predicted octanol–water partition coefficient (Wildman–Crippen LogP) is -0.199. The number of ether oxygens (including phenoxy) is 1. The Labute approximate surface area is 73.9 Å². The van der Waals surface area contributed by atoms with Crippen LogP contribution in [0.3, 0.4) is 0 Å². The van der Waals surface area contributed by atoms with Crippen molar-refractivity contribution < 1.29 is 9.53 Å². The Hall–Kier alpha value is -1.01. The molecule has 12 heavy (non-hydrogen) atoms. The highest BCUT2D eigenvalue weighted by molar-refractivity contribution is 7.03. The van der Waals surface area contributed by atoms with E-state index in [0.29, 0.717) is 6.54 Å². The van der Waals surface area contributed by atoms with E-state index in [4.69, 9.17) is 0 Å². The zero-order chi connectivity index (χ0) is 8.81. The summed E-state index contributed by atoms with van der Waals surface area (Å²) in [6.45, 7) is 0.750. The van der Waals surface area contributed by atoms with Crippen molar-refractivity contribution in [2.45, 2.75) is 6.54 Å². The van der Waals surface area contributed by atoms with Crippen molar-refractivity contribution in [3.05, 3.63) is 11.1 Å². The minimum atomic E-state index is -0.279. The van der Waals surface area contributed by atoms with E-state index in [-0.39, 0.29) is 12.5 Å². The monoisotopic (exact) mass is 187 g/mol. The fourth-order valence-corrected chi connectivity index (χ4v) is 1.08. The molecule has 5 nitrogen and oxygen atoms in total. The van der Waals surface area contributed by atoms with Crippen molar-refractivity contribution in [3.63, 3.8) is 0 Å². The van der Waals surface area contributed by atoms with E-state index >= 15 is 0 Å². The first-order chi connectivity index (χ1) is 5.83. The lowest BCUT2D eigenvalue weighted by Gasteiger charge is -1.99. The molecular formula is C6H9N3O2S. The van der Waals surface area contributed by atoms with Crippen LogP contribution in [0.5, 0.6) is 0 Å². The third-order valence-electron chi connectivity index (χ3n) is 1.21. The van der Waals surface area contributed by atoms with E-state index in [9.17, 15) is 4.79 Å². The van der Waals surface area contributed by atoms with E-state index in [0.717, 1.165) is 5.69 Å². The van der Waals surface area contributed by atoms with Crippen molar-refractivity contribution >= 4 is 17.5 Å². The fourth-order valence-electron chi connectivity index (χ4n) is 0.626. The van der Waals surface area contributed by atoms with E-state index in [1.807, 2.05) is 5.38 Å². The van der Waals surface area contributed by atoms with Gasteiger partial charge in [0.2, 0.25) is 0 Å². The molecule has 1 heterocycles. The summed E-state index contributed by atoms with van der Waals surface area (Å²) in [6.07, 6.45) is 0. The molecule has 66 valence electrons. The Kier molecular flexibility index (Phi) is 3.62. The molecule has 0 amide bonds. The SMILES string of the molecule is COC(=O)CNCc1csnn1. The summed E-state index contributed by atoms with van der Waals surface area (Å²) in [4.78, 5) is 10.6. The lowest BCUT2D eigenvalue weighted by molar-refractivity contribution is -0.139. The number of hydrogen-bond donors (Lipinski definition) is 1. The van der Waals surface area contributed by atoms with Crippen LogP contribution < -0.4 is 5.32 Å². The first kappa shape index (κ1) is 9.08. The zero-order valence-corrected chi connectivity index (χ0v) is 7.43. The number of nitrogens with zero attached hydrogens (tertiary/aromatic N) is 2. The summed E-state index contributed by atoms with van der Waals surface area (Å²) in [5, 5.41) is 8.48. The molecule has 6 heteroatoms. The maximum absolute atomic E-state index is 10.6. The molecule has 0 fully saturated rings. The third kappa shape index (κ3) is 2.93. The first-order valence-corrected chi connectivity index (χ1v) is 4.20. The minimum Gasteiger partial charge on any atom is -0.468 e. The number of hydrogen-bond acceptors (Lipinski definition) is 6. The van der Waals surface area contributed by atoms with Crippen molar-refractivity contribution in [1.29, 1.82) is 0 Å². The summed E-state index contributed by atoms with van der Waals surface area (Å²) < 4.78 is 8.11. The van der Waals surface area contributed by atoms with E-state index in [1.165, 1.54) is 18.6 Å². The molecule has 0 radical (unpaired) electrons. The topological polar surface area (TPSA) is 64.1 Å². The van der Waals surface area contributed by atoms with Crippen molar-refractivity contribution in [2.75, 3.05) is 13.7 Å². The van der Waals surface area contributed by atoms with Gasteiger partial charge >= 0.3 is 5.97 Å². The van der Waals surface area contributed by atoms with Crippen LogP contribution in [0.2, 0.25) is 0 Å². The molecule has 0 aliphatic rings. The van der Waals surface area contributed by atoms with Crippen LogP contribution in [0.15, 0.2) is 5.38 Å². The van der Waals surface area contributed by atoms with Gasteiger partial charge in [-0.3, -0.25) is 4.79 Å². The number of methoxy groups -OCH3 is 1. The van der Waals surface area contributed by atoms with Gasteiger partial charge in [0.15, 0.2) is 0 Å². The van der Waals surface area contributed by atoms with Crippen molar-refractivity contribution in [3.8, 4) is 0 Å². The predicted molar refractivity (Wildman–Crippen MR) is 43.6 cm³/mol. The van der Waals surface area contributed by atoms with Gasteiger partial charge in [-0.05, 0) is 11.5 Å². The molecule has 0 spiro atoms. The maximum Gasteiger partial charge on any atom is 0.319 e. The summed E-state index contributed by atoms with van der Waals surface area (Å²) in [7, 11) is 1.36. The fraction of sp³-hybridized carbons (Fsp3) is 0.500. The van der Waals surface area contributed by atoms with E-state index in [2.05, 4.69) is 19.6 Å². The van der Waals surface area contributed by atoms with Crippen LogP contribution in [0.1, 0.15) is 5.69 Å². The number of rotatable bonds is 4. The molecule has 0 saturated heterocycles. The molecule has 1 N–H and O–H groups in total. The van der Waals surface area contributed by atoms with E-state index in [1.54, 1.807) is 0 Å². The summed E-state index contributed by atoms with van der Waals surface area (Å²) in [5.41, 5.74) is 0.837. The second kappa shape index (κ2) is 4.78. The van der Waals surface area contributed by atoms with Gasteiger partial charge in [-0.1, -0.05) is 4.49 Å². The van der Waals surface area contributed by atoms with Gasteiger partial charge in [-0.15, -0.1) is 5.10 Å². The van der Waals surface area contributed by atoms with Gasteiger partial charge in [0.05, 0.1) is 19.3 Å². The molecule has 0 bridgehead atoms. The lowest BCUT2D eigenvalue weighted by Crippen LogP contribution is -2.23. The molecular weight excluding hydrogens is 178 g/mol. The number of nitrogens with one attached hydrogen (secondary N) is 1. The Morgan fingerprint density at radius 3 is 3.25 bits per heavy atom. The Balaban J connectivity index is 2.15. The quantitative estimate of drug-likeness (QED) is 0.661. The third-order valence-corrected chi connectivity index (χ3v) is 1.76. The molecule has 1 rings (SSSR count). The average Bonchev–Trinajstić information content (AvgIpc) is 2.57. The molecule has 0 aliphatic carbocycles. The normalized spacial score (nSPS) is 9.75. The summed E-state index contributed by atoms with van der Waals surface area (Å²) >= 11 is 1.29. The van der Waals surface area contributed by atoms with Crippen LogP contribution in [0.25, 0.3) is 0 Å². The minimum absolute atomic E-state index is 0.202. The number of carbonyl (C=O) groups is 1. The van der Waals surface area contributed by atoms with Crippen LogP contribution in [-0.4, -0.2) is 29.2 Å². The Bertz CT molecular complexity index is 237. The maximum atomic E-state index is 10.6. The Morgan fingerprint density at radius 2 is 2.67 bits per heavy atom. The summed E-state index contributed by atoms with van der Waals surface area (Å²) in [5.74, 6) is -0.279. The van der Waals surface area contributed by atoms with Gasteiger partial charge in [-0.25, -0.2) is 0 Å². The smallest absolute Gasteiger partial charge is 0.319 e. The molecule has 1 aromatic heterocycles. The second-order valence-electron chi connectivity index (χ2n) is 2.08. The van der Waals surface area contributed by atoms with Crippen LogP contribution in [0, 0.1) is 0 Å². The largest absolute Gasteiger partial charge is 0.468 e. The van der Waals surface area contributed by atoms with Gasteiger partial charge < -0.3 is 10.1 Å². The number of carbonyl (C=O) groups excluding carboxylic acids is 1. The lowest BCUT2D eigenvalue weighted by atomic mass is 10.5. The standard InChI is InChI=1S/C6H9N3O2S/c1-11-6(10)3-7-2-5-4-12-9-8-5/h4,7H,2-3H2,1H3. The number of esters is 1. The molecule has 0 unspecified atom stereocenters. The highest BCUT2D eigenvalue weighted by atomic mass is 32.1. The molecule has 0 aromatic carbocycles. The van der Waals surface area contributed by atoms with Crippen molar-refractivity contribution in [2.24, 2.45) is 0 Å². The Morgan fingerprint density at radius 1 is 1.83 bits per heavy atom. The first-order valence-electron chi connectivity index (χ1n) is 3.36. The highest BCUT2D eigenvalue weighted by Crippen LogP contribution is 1.94. The highest BCUT2D eigenvalue weighted by Gasteiger charge is 1.99. The average molecular weight is 187 g/mol. The summed E-state index contributed by atoms with van der Waals surface area (Å²) in [6, 6.07) is 0. The van der Waals surface area contributed by atoms with Crippen LogP contribution in [0.4, 0.5) is 0 Å². The van der Waals surface area contributed by atoms with Crippen LogP contribution in [-0.2, 0) is 16.1 Å². The molecule has 0 saturated carbocycles. The second-order valence-corrected chi connectivity index (χ2v) is 2.69. The van der Waals surface area contributed by atoms with Crippen LogP contribution >= 0.6 is 11.5 Å². The molecule has 1 aromatic rings.